The fraction of sp³-hybridized carbons (Fsp3) is 0.0526. The van der Waals surface area contributed by atoms with Crippen LogP contribution < -0.4 is 10.1 Å². The molecular formula is C19H16N2O2. The van der Waals surface area contributed by atoms with Crippen molar-refractivity contribution in [2.24, 2.45) is 0 Å². The van der Waals surface area contributed by atoms with Gasteiger partial charge >= 0.3 is 0 Å². The lowest BCUT2D eigenvalue weighted by atomic mass is 10.2. The predicted octanol–water partition coefficient (Wildman–Crippen LogP) is 3.90. The first-order valence-corrected chi connectivity index (χ1v) is 7.23. The molecule has 1 N–H and O–H groups in total. The van der Waals surface area contributed by atoms with Crippen molar-refractivity contribution in [3.63, 3.8) is 0 Å². The second kappa shape index (κ2) is 6.75. The Bertz CT molecular complexity index is 849. The largest absolute Gasteiger partial charge is 0.497 e. The molecule has 0 aliphatic rings. The van der Waals surface area contributed by atoms with Crippen molar-refractivity contribution in [3.8, 4) is 5.75 Å². The van der Waals surface area contributed by atoms with E-state index in [0.29, 0.717) is 5.69 Å². The van der Waals surface area contributed by atoms with Crippen molar-refractivity contribution < 1.29 is 9.53 Å². The number of pyridine rings is 1. The molecule has 1 amide bonds. The molecule has 0 fully saturated rings. The standard InChI is InChI=1S/C19H16N2O2/c1-23-16-10-7-14(8-11-16)9-12-18(22)21-17-6-2-4-15-5-3-13-20-19(15)17/h2-13H,1H3,(H,21,22)/b12-9+. The van der Waals surface area contributed by atoms with Gasteiger partial charge in [0, 0.05) is 17.7 Å². The van der Waals surface area contributed by atoms with E-state index < -0.39 is 0 Å². The van der Waals surface area contributed by atoms with Gasteiger partial charge in [-0.1, -0.05) is 30.3 Å². The van der Waals surface area contributed by atoms with E-state index in [9.17, 15) is 4.79 Å². The molecule has 4 nitrogen and oxygen atoms in total. The quantitative estimate of drug-likeness (QED) is 0.744. The number of hydrogen-bond acceptors (Lipinski definition) is 3. The van der Waals surface area contributed by atoms with Crippen molar-refractivity contribution in [1.82, 2.24) is 4.98 Å². The zero-order valence-corrected chi connectivity index (χ0v) is 12.7. The molecule has 2 aromatic carbocycles. The molecule has 0 spiro atoms. The summed E-state index contributed by atoms with van der Waals surface area (Å²) in [5.74, 6) is 0.590. The molecule has 3 rings (SSSR count). The molecular weight excluding hydrogens is 288 g/mol. The number of benzene rings is 2. The number of nitrogens with zero attached hydrogens (tertiary/aromatic N) is 1. The molecule has 1 heterocycles. The van der Waals surface area contributed by atoms with E-state index in [0.717, 1.165) is 22.2 Å². The Labute approximate surface area is 134 Å². The van der Waals surface area contributed by atoms with Gasteiger partial charge in [0.2, 0.25) is 5.91 Å². The summed E-state index contributed by atoms with van der Waals surface area (Å²) in [5, 5.41) is 3.86. The van der Waals surface area contributed by atoms with Crippen LogP contribution in [0.2, 0.25) is 0 Å². The monoisotopic (exact) mass is 304 g/mol. The highest BCUT2D eigenvalue weighted by atomic mass is 16.5. The van der Waals surface area contributed by atoms with E-state index in [1.165, 1.54) is 6.08 Å². The molecule has 4 heteroatoms. The molecule has 0 aliphatic heterocycles. The van der Waals surface area contributed by atoms with Gasteiger partial charge in [0.05, 0.1) is 18.3 Å². The minimum absolute atomic E-state index is 0.195. The van der Waals surface area contributed by atoms with Gasteiger partial charge in [-0.05, 0) is 35.9 Å². The van der Waals surface area contributed by atoms with Gasteiger partial charge in [0.1, 0.15) is 5.75 Å². The van der Waals surface area contributed by atoms with E-state index in [1.54, 1.807) is 19.4 Å². The van der Waals surface area contributed by atoms with Crippen LogP contribution in [-0.4, -0.2) is 18.0 Å². The van der Waals surface area contributed by atoms with E-state index in [4.69, 9.17) is 4.74 Å². The highest BCUT2D eigenvalue weighted by Gasteiger charge is 2.03. The van der Waals surface area contributed by atoms with E-state index in [-0.39, 0.29) is 5.91 Å². The van der Waals surface area contributed by atoms with Crippen molar-refractivity contribution in [2.75, 3.05) is 12.4 Å². The van der Waals surface area contributed by atoms with Crippen LogP contribution in [0.15, 0.2) is 66.9 Å². The van der Waals surface area contributed by atoms with Gasteiger partial charge < -0.3 is 10.1 Å². The van der Waals surface area contributed by atoms with Crippen LogP contribution in [0.3, 0.4) is 0 Å². The third-order valence-electron chi connectivity index (χ3n) is 3.43. The fourth-order valence-corrected chi connectivity index (χ4v) is 2.27. The molecule has 0 saturated heterocycles. The highest BCUT2D eigenvalue weighted by Crippen LogP contribution is 2.20. The van der Waals surface area contributed by atoms with Crippen LogP contribution in [0.25, 0.3) is 17.0 Å². The minimum Gasteiger partial charge on any atom is -0.497 e. The van der Waals surface area contributed by atoms with E-state index in [1.807, 2.05) is 54.6 Å². The second-order valence-electron chi connectivity index (χ2n) is 4.98. The van der Waals surface area contributed by atoms with Gasteiger partial charge in [-0.15, -0.1) is 0 Å². The topological polar surface area (TPSA) is 51.2 Å². The zero-order valence-electron chi connectivity index (χ0n) is 12.7. The van der Waals surface area contributed by atoms with Crippen LogP contribution in [0.1, 0.15) is 5.56 Å². The number of carbonyl (C=O) groups excluding carboxylic acids is 1. The van der Waals surface area contributed by atoms with Crippen molar-refractivity contribution in [1.29, 1.82) is 0 Å². The highest BCUT2D eigenvalue weighted by molar-refractivity contribution is 6.06. The maximum absolute atomic E-state index is 12.1. The molecule has 3 aromatic rings. The van der Waals surface area contributed by atoms with Crippen molar-refractivity contribution in [3.05, 3.63) is 72.4 Å². The number of ether oxygens (including phenoxy) is 1. The third-order valence-corrected chi connectivity index (χ3v) is 3.43. The Kier molecular flexibility index (Phi) is 4.34. The minimum atomic E-state index is -0.195. The molecule has 0 bridgehead atoms. The van der Waals surface area contributed by atoms with Gasteiger partial charge in [0.15, 0.2) is 0 Å². The molecule has 0 atom stereocenters. The number of carbonyl (C=O) groups is 1. The number of hydrogen-bond donors (Lipinski definition) is 1. The Morgan fingerprint density at radius 1 is 1.09 bits per heavy atom. The average Bonchev–Trinajstić information content (AvgIpc) is 2.61. The fourth-order valence-electron chi connectivity index (χ4n) is 2.27. The number of methoxy groups -OCH3 is 1. The molecule has 0 saturated carbocycles. The summed E-state index contributed by atoms with van der Waals surface area (Å²) in [6.07, 6.45) is 4.97. The van der Waals surface area contributed by atoms with Gasteiger partial charge in [-0.3, -0.25) is 9.78 Å². The maximum atomic E-state index is 12.1. The summed E-state index contributed by atoms with van der Waals surface area (Å²) in [6.45, 7) is 0. The Morgan fingerprint density at radius 3 is 2.65 bits per heavy atom. The molecule has 0 unspecified atom stereocenters. The Balaban J connectivity index is 1.74. The van der Waals surface area contributed by atoms with Crippen LogP contribution in [0.4, 0.5) is 5.69 Å². The number of para-hydroxylation sites is 1. The molecule has 0 radical (unpaired) electrons. The third kappa shape index (κ3) is 3.55. The first-order valence-electron chi connectivity index (χ1n) is 7.23. The van der Waals surface area contributed by atoms with Gasteiger partial charge in [-0.2, -0.15) is 0 Å². The lowest BCUT2D eigenvalue weighted by Gasteiger charge is -2.05. The Morgan fingerprint density at radius 2 is 1.87 bits per heavy atom. The van der Waals surface area contributed by atoms with Gasteiger partial charge in [-0.25, -0.2) is 0 Å². The number of anilines is 1. The Hall–Kier alpha value is -3.14. The number of amides is 1. The summed E-state index contributed by atoms with van der Waals surface area (Å²) >= 11 is 0. The maximum Gasteiger partial charge on any atom is 0.248 e. The molecule has 114 valence electrons. The number of nitrogens with one attached hydrogen (secondary N) is 1. The normalized spacial score (nSPS) is 10.8. The zero-order chi connectivity index (χ0) is 16.1. The number of aromatic nitrogens is 1. The number of fused-ring (bicyclic) bond motifs is 1. The average molecular weight is 304 g/mol. The van der Waals surface area contributed by atoms with Crippen molar-refractivity contribution in [2.45, 2.75) is 0 Å². The van der Waals surface area contributed by atoms with Crippen LogP contribution in [0.5, 0.6) is 5.75 Å². The van der Waals surface area contributed by atoms with Crippen molar-refractivity contribution >= 4 is 28.6 Å². The SMILES string of the molecule is COc1ccc(/C=C/C(=O)Nc2cccc3cccnc23)cc1. The second-order valence-corrected chi connectivity index (χ2v) is 4.98. The summed E-state index contributed by atoms with van der Waals surface area (Å²) in [5.41, 5.74) is 2.41. The van der Waals surface area contributed by atoms with Crippen LogP contribution in [-0.2, 0) is 4.79 Å². The lowest BCUT2D eigenvalue weighted by molar-refractivity contribution is -0.111. The lowest BCUT2D eigenvalue weighted by Crippen LogP contribution is -2.08. The number of rotatable bonds is 4. The first kappa shape index (κ1) is 14.8. The van der Waals surface area contributed by atoms with E-state index in [2.05, 4.69) is 10.3 Å². The molecule has 23 heavy (non-hydrogen) atoms. The van der Waals surface area contributed by atoms with Crippen LogP contribution >= 0.6 is 0 Å². The molecule has 1 aromatic heterocycles. The summed E-state index contributed by atoms with van der Waals surface area (Å²) in [6, 6.07) is 17.0. The van der Waals surface area contributed by atoms with Crippen LogP contribution in [0, 0.1) is 0 Å². The summed E-state index contributed by atoms with van der Waals surface area (Å²) in [7, 11) is 1.62. The van der Waals surface area contributed by atoms with Gasteiger partial charge in [0.25, 0.3) is 0 Å². The molecule has 0 aliphatic carbocycles. The van der Waals surface area contributed by atoms with E-state index >= 15 is 0 Å². The predicted molar refractivity (Wildman–Crippen MR) is 92.4 cm³/mol. The summed E-state index contributed by atoms with van der Waals surface area (Å²) < 4.78 is 5.10. The smallest absolute Gasteiger partial charge is 0.248 e. The first-order chi connectivity index (χ1) is 11.3. The summed E-state index contributed by atoms with van der Waals surface area (Å²) in [4.78, 5) is 16.4.